The number of rotatable bonds is 7. The molecule has 3 N–H and O–H groups in total. The van der Waals surface area contributed by atoms with Gasteiger partial charge in [0.05, 0.1) is 0 Å². The van der Waals surface area contributed by atoms with Crippen LogP contribution in [0, 0.1) is 13.8 Å². The molecule has 0 bridgehead atoms. The Balaban J connectivity index is 1.51. The minimum Gasteiger partial charge on any atom is -0.352 e. The molecule has 0 unspecified atom stereocenters. The number of amides is 1. The number of anilines is 3. The summed E-state index contributed by atoms with van der Waals surface area (Å²) < 4.78 is 0. The minimum absolute atomic E-state index is 0.0694. The molecule has 2 aromatic carbocycles. The third-order valence-corrected chi connectivity index (χ3v) is 4.88. The van der Waals surface area contributed by atoms with Crippen molar-refractivity contribution in [3.05, 3.63) is 77.0 Å². The number of hydrogen-bond donors (Lipinski definition) is 3. The van der Waals surface area contributed by atoms with E-state index in [0.29, 0.717) is 24.6 Å². The highest BCUT2D eigenvalue weighted by molar-refractivity contribution is 5.94. The van der Waals surface area contributed by atoms with Crippen molar-refractivity contribution in [2.24, 2.45) is 0 Å². The highest BCUT2D eigenvalue weighted by atomic mass is 16.1. The molecule has 0 aliphatic carbocycles. The number of carbonyl (C=O) groups is 1. The number of aromatic nitrogens is 2. The average molecular weight is 418 g/mol. The van der Waals surface area contributed by atoms with Gasteiger partial charge in [0.2, 0.25) is 5.95 Å². The Morgan fingerprint density at radius 1 is 0.903 bits per heavy atom. The van der Waals surface area contributed by atoms with E-state index in [1.165, 1.54) is 11.1 Å². The van der Waals surface area contributed by atoms with Gasteiger partial charge in [-0.15, -0.1) is 0 Å². The van der Waals surface area contributed by atoms with Gasteiger partial charge in [-0.3, -0.25) is 4.79 Å². The zero-order valence-corrected chi connectivity index (χ0v) is 18.9. The molecule has 0 spiro atoms. The summed E-state index contributed by atoms with van der Waals surface area (Å²) in [6.07, 6.45) is 0. The molecule has 0 aliphatic rings. The van der Waals surface area contributed by atoms with Gasteiger partial charge in [0.25, 0.3) is 5.91 Å². The zero-order chi connectivity index (χ0) is 22.4. The maximum Gasteiger partial charge on any atom is 0.251 e. The van der Waals surface area contributed by atoms with Crippen molar-refractivity contribution in [2.45, 2.75) is 40.0 Å². The topological polar surface area (TPSA) is 78.9 Å². The first-order valence-corrected chi connectivity index (χ1v) is 10.5. The summed E-state index contributed by atoms with van der Waals surface area (Å²) in [5, 5.41) is 9.41. The van der Waals surface area contributed by atoms with Gasteiger partial charge in [-0.2, -0.15) is 4.98 Å². The highest BCUT2D eigenvalue weighted by Gasteiger charge is 2.14. The number of benzene rings is 2. The summed E-state index contributed by atoms with van der Waals surface area (Å²) in [6.45, 7) is 11.4. The van der Waals surface area contributed by atoms with Gasteiger partial charge in [-0.05, 0) is 49.1 Å². The van der Waals surface area contributed by atoms with Crippen molar-refractivity contribution < 1.29 is 4.79 Å². The Morgan fingerprint density at radius 3 is 2.23 bits per heavy atom. The van der Waals surface area contributed by atoms with Gasteiger partial charge in [0.1, 0.15) is 5.82 Å². The summed E-state index contributed by atoms with van der Waals surface area (Å²) in [5.74, 6) is 1.16. The van der Waals surface area contributed by atoms with Crippen LogP contribution in [0.25, 0.3) is 0 Å². The predicted molar refractivity (Wildman–Crippen MR) is 127 cm³/mol. The van der Waals surface area contributed by atoms with Crippen LogP contribution in [0.3, 0.4) is 0 Å². The molecule has 1 aromatic heterocycles. The monoisotopic (exact) mass is 417 g/mol. The lowest BCUT2D eigenvalue weighted by atomic mass is 9.87. The molecule has 6 nitrogen and oxygen atoms in total. The molecule has 0 atom stereocenters. The number of aryl methyl sites for hydroxylation is 2. The number of hydrogen-bond acceptors (Lipinski definition) is 5. The molecule has 0 radical (unpaired) electrons. The number of nitrogens with zero attached hydrogens (tertiary/aromatic N) is 2. The highest BCUT2D eigenvalue weighted by Crippen LogP contribution is 2.22. The second-order valence-corrected chi connectivity index (χ2v) is 8.72. The van der Waals surface area contributed by atoms with Crippen LogP contribution in [0.5, 0.6) is 0 Å². The minimum atomic E-state index is -0.0888. The Kier molecular flexibility index (Phi) is 6.90. The summed E-state index contributed by atoms with van der Waals surface area (Å²) in [4.78, 5) is 21.3. The third-order valence-electron chi connectivity index (χ3n) is 4.88. The Hall–Kier alpha value is -3.41. The second-order valence-electron chi connectivity index (χ2n) is 8.72. The SMILES string of the molecule is Cc1ccc(Nc2cc(C)nc(NCCNC(=O)c3ccc(C(C)(C)C)cc3)n2)cc1. The van der Waals surface area contributed by atoms with E-state index in [-0.39, 0.29) is 11.3 Å². The third kappa shape index (κ3) is 6.54. The normalized spacial score (nSPS) is 11.1. The molecule has 0 saturated heterocycles. The fourth-order valence-electron chi connectivity index (χ4n) is 3.07. The maximum absolute atomic E-state index is 12.4. The van der Waals surface area contributed by atoms with Gasteiger partial charge >= 0.3 is 0 Å². The molecule has 0 fully saturated rings. The summed E-state index contributed by atoms with van der Waals surface area (Å²) in [7, 11) is 0. The molecule has 3 rings (SSSR count). The van der Waals surface area contributed by atoms with E-state index in [4.69, 9.17) is 0 Å². The Bertz CT molecular complexity index is 1020. The van der Waals surface area contributed by atoms with Crippen LogP contribution in [0.1, 0.15) is 48.0 Å². The van der Waals surface area contributed by atoms with Gasteiger partial charge in [-0.25, -0.2) is 4.98 Å². The van der Waals surface area contributed by atoms with E-state index in [9.17, 15) is 4.79 Å². The van der Waals surface area contributed by atoms with Crippen molar-refractivity contribution in [3.8, 4) is 0 Å². The molecule has 1 amide bonds. The fraction of sp³-hybridized carbons (Fsp3) is 0.320. The van der Waals surface area contributed by atoms with E-state index in [1.807, 2.05) is 49.4 Å². The first-order chi connectivity index (χ1) is 14.7. The van der Waals surface area contributed by atoms with Crippen molar-refractivity contribution in [1.29, 1.82) is 0 Å². The van der Waals surface area contributed by atoms with Gasteiger partial charge in [-0.1, -0.05) is 50.6 Å². The molecular weight excluding hydrogens is 386 g/mol. The van der Waals surface area contributed by atoms with Crippen LogP contribution in [-0.4, -0.2) is 29.0 Å². The smallest absolute Gasteiger partial charge is 0.251 e. The van der Waals surface area contributed by atoms with Gasteiger partial charge in [0, 0.05) is 36.1 Å². The molecule has 6 heteroatoms. The fourth-order valence-corrected chi connectivity index (χ4v) is 3.07. The van der Waals surface area contributed by atoms with Crippen LogP contribution < -0.4 is 16.0 Å². The standard InChI is InChI=1S/C25H31N5O/c1-17-6-12-21(13-7-17)29-22-16-18(2)28-24(30-22)27-15-14-26-23(31)19-8-10-20(11-9-19)25(3,4)5/h6-13,16H,14-15H2,1-5H3,(H,26,31)(H2,27,28,29,30). The largest absolute Gasteiger partial charge is 0.352 e. The quantitative estimate of drug-likeness (QED) is 0.473. The first kappa shape index (κ1) is 22.3. The van der Waals surface area contributed by atoms with E-state index in [0.717, 1.165) is 17.2 Å². The number of nitrogens with one attached hydrogen (secondary N) is 3. The van der Waals surface area contributed by atoms with Crippen LogP contribution >= 0.6 is 0 Å². The lowest BCUT2D eigenvalue weighted by Gasteiger charge is -2.19. The molecule has 0 aliphatic heterocycles. The van der Waals surface area contributed by atoms with E-state index in [1.54, 1.807) is 0 Å². The van der Waals surface area contributed by atoms with Crippen molar-refractivity contribution in [3.63, 3.8) is 0 Å². The maximum atomic E-state index is 12.4. The Labute approximate surface area is 184 Å². The van der Waals surface area contributed by atoms with E-state index >= 15 is 0 Å². The molecule has 31 heavy (non-hydrogen) atoms. The molecule has 3 aromatic rings. The van der Waals surface area contributed by atoms with Crippen LogP contribution in [0.2, 0.25) is 0 Å². The summed E-state index contributed by atoms with van der Waals surface area (Å²) >= 11 is 0. The molecule has 162 valence electrons. The molecular formula is C25H31N5O. The van der Waals surface area contributed by atoms with Crippen LogP contribution in [0.4, 0.5) is 17.5 Å². The van der Waals surface area contributed by atoms with E-state index < -0.39 is 0 Å². The lowest BCUT2D eigenvalue weighted by molar-refractivity contribution is 0.0955. The first-order valence-electron chi connectivity index (χ1n) is 10.5. The van der Waals surface area contributed by atoms with Gasteiger partial charge in [0.15, 0.2) is 0 Å². The predicted octanol–water partition coefficient (Wildman–Crippen LogP) is 4.98. The Morgan fingerprint density at radius 2 is 1.58 bits per heavy atom. The van der Waals surface area contributed by atoms with Crippen LogP contribution in [0.15, 0.2) is 54.6 Å². The molecule has 0 saturated carbocycles. The zero-order valence-electron chi connectivity index (χ0n) is 18.9. The van der Waals surface area contributed by atoms with Crippen molar-refractivity contribution in [1.82, 2.24) is 15.3 Å². The average Bonchev–Trinajstić information content (AvgIpc) is 2.72. The van der Waals surface area contributed by atoms with E-state index in [2.05, 4.69) is 65.7 Å². The lowest BCUT2D eigenvalue weighted by Crippen LogP contribution is -2.29. The van der Waals surface area contributed by atoms with Gasteiger partial charge < -0.3 is 16.0 Å². The summed E-state index contributed by atoms with van der Waals surface area (Å²) in [6, 6.07) is 17.8. The summed E-state index contributed by atoms with van der Waals surface area (Å²) in [5.41, 5.74) is 4.97. The van der Waals surface area contributed by atoms with Crippen molar-refractivity contribution in [2.75, 3.05) is 23.7 Å². The second kappa shape index (κ2) is 9.60. The van der Waals surface area contributed by atoms with Crippen molar-refractivity contribution >= 4 is 23.4 Å². The molecule has 1 heterocycles. The number of carbonyl (C=O) groups excluding carboxylic acids is 1. The van der Waals surface area contributed by atoms with Crippen LogP contribution in [-0.2, 0) is 5.41 Å².